The minimum Gasteiger partial charge on any atom is -0.438 e. The van der Waals surface area contributed by atoms with Crippen LogP contribution in [0.5, 0.6) is 0 Å². The molecule has 0 amide bonds. The lowest BCUT2D eigenvalue weighted by Gasteiger charge is -2.10. The molecule has 24 heavy (non-hydrogen) atoms. The van der Waals surface area contributed by atoms with Gasteiger partial charge in [-0.1, -0.05) is 42.0 Å². The number of hydrogen-bond donors (Lipinski definition) is 1. The average Bonchev–Trinajstić information content (AvgIpc) is 3.04. The van der Waals surface area contributed by atoms with Crippen molar-refractivity contribution in [3.05, 3.63) is 71.2 Å². The second-order valence-corrected chi connectivity index (χ2v) is 5.71. The number of aromatic nitrogens is 1. The summed E-state index contributed by atoms with van der Waals surface area (Å²) in [5, 5.41) is 3.19. The van der Waals surface area contributed by atoms with E-state index in [2.05, 4.69) is 10.3 Å². The summed E-state index contributed by atoms with van der Waals surface area (Å²) in [4.78, 5) is 28.6. The molecule has 0 saturated heterocycles. The smallest absolute Gasteiger partial charge is 0.255 e. The van der Waals surface area contributed by atoms with Gasteiger partial charge in [0.15, 0.2) is 11.5 Å². The number of nitrogens with zero attached hydrogens (tertiary/aromatic N) is 1. The van der Waals surface area contributed by atoms with Gasteiger partial charge in [-0.15, -0.1) is 0 Å². The number of fused-ring (bicyclic) bond motifs is 3. The Hall–Kier alpha value is -3.21. The highest BCUT2D eigenvalue weighted by atomic mass is 16.4. The van der Waals surface area contributed by atoms with Crippen molar-refractivity contribution in [1.82, 2.24) is 4.98 Å². The lowest BCUT2D eigenvalue weighted by molar-refractivity contribution is 0.0812. The quantitative estimate of drug-likeness (QED) is 0.746. The highest BCUT2D eigenvalue weighted by Crippen LogP contribution is 2.33. The topological polar surface area (TPSA) is 72.2 Å². The van der Waals surface area contributed by atoms with Gasteiger partial charge in [0.25, 0.3) is 5.78 Å². The highest BCUT2D eigenvalue weighted by molar-refractivity contribution is 6.52. The van der Waals surface area contributed by atoms with Gasteiger partial charge in [-0.05, 0) is 19.1 Å². The third kappa shape index (κ3) is 2.31. The first-order valence-corrected chi connectivity index (χ1v) is 7.62. The van der Waals surface area contributed by atoms with Crippen LogP contribution in [0.15, 0.2) is 52.9 Å². The van der Waals surface area contributed by atoms with E-state index in [4.69, 9.17) is 4.42 Å². The number of carbonyl (C=O) groups is 2. The zero-order chi connectivity index (χ0) is 16.7. The van der Waals surface area contributed by atoms with Crippen LogP contribution < -0.4 is 5.32 Å². The van der Waals surface area contributed by atoms with Gasteiger partial charge in [0, 0.05) is 16.8 Å². The molecule has 0 radical (unpaired) electrons. The molecule has 0 atom stereocenters. The Kier molecular flexibility index (Phi) is 3.27. The predicted molar refractivity (Wildman–Crippen MR) is 89.1 cm³/mol. The number of benzene rings is 2. The van der Waals surface area contributed by atoms with E-state index >= 15 is 0 Å². The molecule has 1 aromatic heterocycles. The van der Waals surface area contributed by atoms with E-state index in [0.29, 0.717) is 29.3 Å². The zero-order valence-corrected chi connectivity index (χ0v) is 13.0. The molecular weight excluding hydrogens is 304 g/mol. The summed E-state index contributed by atoms with van der Waals surface area (Å²) in [6.07, 6.45) is 0. The van der Waals surface area contributed by atoms with Gasteiger partial charge in [-0.25, -0.2) is 4.98 Å². The van der Waals surface area contributed by atoms with Crippen molar-refractivity contribution in [3.63, 3.8) is 0 Å². The summed E-state index contributed by atoms with van der Waals surface area (Å²) >= 11 is 0. The van der Waals surface area contributed by atoms with Crippen molar-refractivity contribution < 1.29 is 14.0 Å². The van der Waals surface area contributed by atoms with Crippen molar-refractivity contribution in [2.75, 3.05) is 5.32 Å². The van der Waals surface area contributed by atoms with Crippen LogP contribution in [0.2, 0.25) is 0 Å². The molecular formula is C19H14N2O3. The minimum atomic E-state index is -0.617. The first-order valence-electron chi connectivity index (χ1n) is 7.62. The van der Waals surface area contributed by atoms with Gasteiger partial charge in [-0.3, -0.25) is 9.59 Å². The van der Waals surface area contributed by atoms with Crippen LogP contribution >= 0.6 is 0 Å². The Labute approximate surface area is 138 Å². The first kappa shape index (κ1) is 14.4. The maximum atomic E-state index is 12.2. The van der Waals surface area contributed by atoms with E-state index in [1.807, 2.05) is 31.2 Å². The lowest BCUT2D eigenvalue weighted by atomic mass is 9.91. The van der Waals surface area contributed by atoms with Crippen molar-refractivity contribution >= 4 is 17.3 Å². The van der Waals surface area contributed by atoms with Crippen LogP contribution in [0.3, 0.4) is 0 Å². The normalized spacial score (nSPS) is 12.7. The fourth-order valence-electron chi connectivity index (χ4n) is 2.73. The molecule has 1 heterocycles. The molecule has 0 saturated carbocycles. The molecule has 0 unspecified atom stereocenters. The van der Waals surface area contributed by atoms with Crippen molar-refractivity contribution in [2.24, 2.45) is 0 Å². The standard InChI is InChI=1S/C19H14N2O3/c1-11-6-8-12(9-7-11)20-10-15-21-16-18(23)17(22)13-4-2-3-5-14(13)19(16)24-15/h2-9,20H,10H2,1H3. The van der Waals surface area contributed by atoms with E-state index < -0.39 is 11.6 Å². The number of Topliss-reactive ketones (excluding diaryl/α,β-unsaturated/α-hetero) is 2. The molecule has 1 aliphatic rings. The minimum absolute atomic E-state index is 0.0967. The Morgan fingerprint density at radius 2 is 1.67 bits per heavy atom. The van der Waals surface area contributed by atoms with Crippen LogP contribution in [0.1, 0.15) is 32.3 Å². The Bertz CT molecular complexity index is 955. The number of anilines is 1. The number of carbonyl (C=O) groups excluding carboxylic acids is 2. The molecule has 2 aromatic carbocycles. The van der Waals surface area contributed by atoms with Crippen LogP contribution in [-0.4, -0.2) is 16.6 Å². The molecule has 5 heteroatoms. The summed E-state index contributed by atoms with van der Waals surface area (Å²) in [5.74, 6) is -0.409. The second kappa shape index (κ2) is 5.45. The second-order valence-electron chi connectivity index (χ2n) is 5.71. The molecule has 0 bridgehead atoms. The van der Waals surface area contributed by atoms with Crippen LogP contribution in [0.25, 0.3) is 11.3 Å². The third-order valence-corrected chi connectivity index (χ3v) is 4.00. The summed E-state index contributed by atoms with van der Waals surface area (Å²) < 4.78 is 5.75. The largest absolute Gasteiger partial charge is 0.438 e. The van der Waals surface area contributed by atoms with E-state index in [1.54, 1.807) is 24.3 Å². The van der Waals surface area contributed by atoms with E-state index in [1.165, 1.54) is 5.56 Å². The fraction of sp³-hybridized carbons (Fsp3) is 0.105. The van der Waals surface area contributed by atoms with Crippen LogP contribution in [0.4, 0.5) is 5.69 Å². The zero-order valence-electron chi connectivity index (χ0n) is 13.0. The number of nitrogens with one attached hydrogen (secondary N) is 1. The van der Waals surface area contributed by atoms with Gasteiger partial charge < -0.3 is 9.73 Å². The van der Waals surface area contributed by atoms with Gasteiger partial charge in [0.2, 0.25) is 11.7 Å². The summed E-state index contributed by atoms with van der Waals surface area (Å²) in [5.41, 5.74) is 3.18. The Morgan fingerprint density at radius 3 is 2.42 bits per heavy atom. The number of aryl methyl sites for hydroxylation is 1. The SMILES string of the molecule is Cc1ccc(NCc2nc3c(o2)-c2ccccc2C(=O)C3=O)cc1. The van der Waals surface area contributed by atoms with E-state index in [-0.39, 0.29) is 5.69 Å². The van der Waals surface area contributed by atoms with Crippen molar-refractivity contribution in [3.8, 4) is 11.3 Å². The monoisotopic (exact) mass is 318 g/mol. The molecule has 0 spiro atoms. The maximum absolute atomic E-state index is 12.2. The third-order valence-electron chi connectivity index (χ3n) is 4.00. The molecule has 0 fully saturated rings. The molecule has 118 valence electrons. The number of rotatable bonds is 3. The van der Waals surface area contributed by atoms with Crippen molar-refractivity contribution in [2.45, 2.75) is 13.5 Å². The van der Waals surface area contributed by atoms with Crippen LogP contribution in [-0.2, 0) is 6.54 Å². The molecule has 1 N–H and O–H groups in total. The van der Waals surface area contributed by atoms with Crippen molar-refractivity contribution in [1.29, 1.82) is 0 Å². The van der Waals surface area contributed by atoms with Gasteiger partial charge in [0.1, 0.15) is 0 Å². The maximum Gasteiger partial charge on any atom is 0.255 e. The summed E-state index contributed by atoms with van der Waals surface area (Å²) in [7, 11) is 0. The molecule has 5 nitrogen and oxygen atoms in total. The van der Waals surface area contributed by atoms with Crippen LogP contribution in [0, 0.1) is 6.92 Å². The molecule has 3 aromatic rings. The van der Waals surface area contributed by atoms with Gasteiger partial charge in [-0.2, -0.15) is 0 Å². The summed E-state index contributed by atoms with van der Waals surface area (Å²) in [6.45, 7) is 2.35. The molecule has 4 rings (SSSR count). The first-order chi connectivity index (χ1) is 11.6. The number of oxazole rings is 1. The lowest BCUT2D eigenvalue weighted by Crippen LogP contribution is -2.20. The molecule has 0 aliphatic heterocycles. The fourth-order valence-corrected chi connectivity index (χ4v) is 2.73. The van der Waals surface area contributed by atoms with E-state index in [0.717, 1.165) is 5.69 Å². The Morgan fingerprint density at radius 1 is 0.958 bits per heavy atom. The predicted octanol–water partition coefficient (Wildman–Crippen LogP) is 3.64. The van der Waals surface area contributed by atoms with Gasteiger partial charge in [0.05, 0.1) is 6.54 Å². The Balaban J connectivity index is 1.65. The number of ketones is 2. The highest BCUT2D eigenvalue weighted by Gasteiger charge is 2.35. The number of hydrogen-bond acceptors (Lipinski definition) is 5. The van der Waals surface area contributed by atoms with E-state index in [9.17, 15) is 9.59 Å². The van der Waals surface area contributed by atoms with Gasteiger partial charge >= 0.3 is 0 Å². The molecule has 1 aliphatic carbocycles. The summed E-state index contributed by atoms with van der Waals surface area (Å²) in [6, 6.07) is 14.9. The average molecular weight is 318 g/mol.